The van der Waals surface area contributed by atoms with Gasteiger partial charge < -0.3 is 15.2 Å². The van der Waals surface area contributed by atoms with Crippen LogP contribution in [0.2, 0.25) is 0 Å². The van der Waals surface area contributed by atoms with E-state index in [2.05, 4.69) is 20.3 Å². The summed E-state index contributed by atoms with van der Waals surface area (Å²) in [6, 6.07) is 9.88. The third kappa shape index (κ3) is 5.34. The Morgan fingerprint density at radius 3 is 2.47 bits per heavy atom. The van der Waals surface area contributed by atoms with Crippen LogP contribution in [0.1, 0.15) is 27.3 Å². The number of aliphatic hydroxyl groups excluding tert-OH is 1. The maximum Gasteiger partial charge on any atom is 0.252 e. The Balaban J connectivity index is 1.66. The highest BCUT2D eigenvalue weighted by Crippen LogP contribution is 2.31. The van der Waals surface area contributed by atoms with E-state index >= 15 is 8.78 Å². The number of hydrogen-bond donors (Lipinski definition) is 2. The highest BCUT2D eigenvalue weighted by atomic mass is 19.1. The van der Waals surface area contributed by atoms with Crippen molar-refractivity contribution in [2.24, 2.45) is 4.99 Å². The number of carbonyl (C=O) groups excluding carboxylic acids is 1. The molecule has 10 heteroatoms. The lowest BCUT2D eigenvalue weighted by Crippen LogP contribution is -2.47. The number of nitrogens with zero attached hydrogens (tertiary/aromatic N) is 3. The highest BCUT2D eigenvalue weighted by Gasteiger charge is 2.30. The summed E-state index contributed by atoms with van der Waals surface area (Å²) in [5, 5.41) is 12.5. The van der Waals surface area contributed by atoms with E-state index in [1.54, 1.807) is 18.5 Å². The van der Waals surface area contributed by atoms with Crippen LogP contribution in [-0.4, -0.2) is 59.1 Å². The lowest BCUT2D eigenvalue weighted by molar-refractivity contribution is 0.0211. The fourth-order valence-corrected chi connectivity index (χ4v) is 3.97. The Hall–Kier alpha value is -3.89. The van der Waals surface area contributed by atoms with Crippen molar-refractivity contribution < 1.29 is 27.8 Å². The molecule has 186 valence electrons. The predicted octanol–water partition coefficient (Wildman–Crippen LogP) is 3.29. The Bertz CT molecular complexity index is 1290. The van der Waals surface area contributed by atoms with Gasteiger partial charge in [-0.25, -0.2) is 23.1 Å². The SMILES string of the molecule is CO[C@@H](CO)[C@@H](Cc1ncccn1)NC(=O)c1cccc(F)c1C1=NCC(c2ccc(F)cc2)=C1F. The smallest absolute Gasteiger partial charge is 0.252 e. The molecule has 1 aliphatic rings. The molecule has 0 fully saturated rings. The summed E-state index contributed by atoms with van der Waals surface area (Å²) in [4.78, 5) is 25.7. The van der Waals surface area contributed by atoms with Gasteiger partial charge in [-0.1, -0.05) is 18.2 Å². The number of benzene rings is 2. The lowest BCUT2D eigenvalue weighted by atomic mass is 9.97. The lowest BCUT2D eigenvalue weighted by Gasteiger charge is -2.25. The van der Waals surface area contributed by atoms with Crippen LogP contribution in [0.3, 0.4) is 0 Å². The van der Waals surface area contributed by atoms with Gasteiger partial charge >= 0.3 is 0 Å². The van der Waals surface area contributed by atoms with Gasteiger partial charge in [0.2, 0.25) is 0 Å². The van der Waals surface area contributed by atoms with E-state index in [0.29, 0.717) is 11.4 Å². The van der Waals surface area contributed by atoms with Gasteiger partial charge in [0, 0.05) is 31.5 Å². The van der Waals surface area contributed by atoms with Crippen molar-refractivity contribution in [1.29, 1.82) is 0 Å². The van der Waals surface area contributed by atoms with Gasteiger partial charge in [-0.15, -0.1) is 0 Å². The van der Waals surface area contributed by atoms with E-state index < -0.39 is 42.1 Å². The van der Waals surface area contributed by atoms with Crippen LogP contribution in [0.15, 0.2) is 71.7 Å². The molecule has 1 aromatic heterocycles. The molecule has 1 amide bonds. The van der Waals surface area contributed by atoms with Crippen LogP contribution in [-0.2, 0) is 11.2 Å². The number of hydrogen-bond acceptors (Lipinski definition) is 6. The molecule has 0 bridgehead atoms. The number of carbonyl (C=O) groups is 1. The third-order valence-electron chi connectivity index (χ3n) is 5.83. The van der Waals surface area contributed by atoms with Crippen molar-refractivity contribution in [3.63, 3.8) is 0 Å². The second-order valence-electron chi connectivity index (χ2n) is 8.03. The van der Waals surface area contributed by atoms with Gasteiger partial charge in [0.25, 0.3) is 5.91 Å². The largest absolute Gasteiger partial charge is 0.394 e. The van der Waals surface area contributed by atoms with Crippen LogP contribution < -0.4 is 5.32 Å². The van der Waals surface area contributed by atoms with E-state index in [9.17, 15) is 14.3 Å². The summed E-state index contributed by atoms with van der Waals surface area (Å²) in [5.74, 6) is -2.41. The Morgan fingerprint density at radius 1 is 1.08 bits per heavy atom. The topological polar surface area (TPSA) is 96.7 Å². The summed E-state index contributed by atoms with van der Waals surface area (Å²) in [6.45, 7) is -0.498. The number of aliphatic imine (C=N–C) groups is 1. The summed E-state index contributed by atoms with van der Waals surface area (Å²) in [5.41, 5.74) is -0.165. The molecule has 2 atom stereocenters. The molecular formula is C26H23F3N4O3. The van der Waals surface area contributed by atoms with Crippen molar-refractivity contribution in [3.05, 3.63) is 101 Å². The zero-order valence-corrected chi connectivity index (χ0v) is 19.3. The Morgan fingerprint density at radius 2 is 1.81 bits per heavy atom. The van der Waals surface area contributed by atoms with E-state index in [0.717, 1.165) is 6.07 Å². The van der Waals surface area contributed by atoms with Gasteiger partial charge in [0.15, 0.2) is 5.83 Å². The molecule has 0 saturated carbocycles. The molecule has 0 aliphatic carbocycles. The molecule has 3 aromatic rings. The van der Waals surface area contributed by atoms with Crippen molar-refractivity contribution in [3.8, 4) is 0 Å². The molecule has 36 heavy (non-hydrogen) atoms. The first-order valence-corrected chi connectivity index (χ1v) is 11.1. The third-order valence-corrected chi connectivity index (χ3v) is 5.83. The Kier molecular flexibility index (Phi) is 7.87. The van der Waals surface area contributed by atoms with Gasteiger partial charge in [0.1, 0.15) is 29.3 Å². The fourth-order valence-electron chi connectivity index (χ4n) is 3.97. The molecular weight excluding hydrogens is 473 g/mol. The van der Waals surface area contributed by atoms with Crippen LogP contribution in [0, 0.1) is 11.6 Å². The van der Waals surface area contributed by atoms with Gasteiger partial charge in [-0.3, -0.25) is 9.79 Å². The molecule has 7 nitrogen and oxygen atoms in total. The first-order chi connectivity index (χ1) is 17.4. The molecule has 2 heterocycles. The van der Waals surface area contributed by atoms with Crippen molar-refractivity contribution in [2.45, 2.75) is 18.6 Å². The molecule has 0 saturated heterocycles. The molecule has 0 radical (unpaired) electrons. The van der Waals surface area contributed by atoms with Crippen molar-refractivity contribution >= 4 is 17.2 Å². The van der Waals surface area contributed by atoms with Gasteiger partial charge in [-0.05, 0) is 35.9 Å². The number of ether oxygens (including phenoxy) is 1. The Labute approximate surface area is 205 Å². The molecule has 1 aliphatic heterocycles. The highest BCUT2D eigenvalue weighted by molar-refractivity contribution is 6.21. The molecule has 0 unspecified atom stereocenters. The number of aromatic nitrogens is 2. The normalized spacial score (nSPS) is 15.0. The minimum absolute atomic E-state index is 0.0908. The van der Waals surface area contributed by atoms with Crippen LogP contribution in [0.25, 0.3) is 5.57 Å². The van der Waals surface area contributed by atoms with Crippen molar-refractivity contribution in [2.75, 3.05) is 20.3 Å². The summed E-state index contributed by atoms with van der Waals surface area (Å²) < 4.78 is 49.0. The number of methoxy groups -OCH3 is 1. The van der Waals surface area contributed by atoms with Crippen LogP contribution >= 0.6 is 0 Å². The van der Waals surface area contributed by atoms with Crippen LogP contribution in [0.5, 0.6) is 0 Å². The predicted molar refractivity (Wildman–Crippen MR) is 127 cm³/mol. The monoisotopic (exact) mass is 496 g/mol. The quantitative estimate of drug-likeness (QED) is 0.474. The molecule has 4 rings (SSSR count). The summed E-state index contributed by atoms with van der Waals surface area (Å²) in [6.07, 6.45) is 2.40. The first-order valence-electron chi connectivity index (χ1n) is 11.1. The number of amides is 1. The minimum Gasteiger partial charge on any atom is -0.394 e. The molecule has 2 N–H and O–H groups in total. The summed E-state index contributed by atoms with van der Waals surface area (Å²) >= 11 is 0. The molecule has 2 aromatic carbocycles. The van der Waals surface area contributed by atoms with E-state index in [1.165, 1.54) is 43.5 Å². The van der Waals surface area contributed by atoms with Crippen LogP contribution in [0.4, 0.5) is 13.2 Å². The average Bonchev–Trinajstić information content (AvgIpc) is 3.26. The molecule has 0 spiro atoms. The second-order valence-corrected chi connectivity index (χ2v) is 8.03. The standard InChI is InChI=1S/C26H23F3N4O3/c1-36-21(14-34)20(12-22-30-10-3-11-31-22)33-26(35)17-4-2-5-19(28)23(17)25-24(29)18(13-32-25)15-6-8-16(27)9-7-15/h2-11,20-21,34H,12-14H2,1H3,(H,33,35)/t20-,21+/m1/s1. The minimum atomic E-state index is -0.828. The second kappa shape index (κ2) is 11.2. The zero-order valence-electron chi connectivity index (χ0n) is 19.3. The van der Waals surface area contributed by atoms with Gasteiger partial charge in [-0.2, -0.15) is 0 Å². The summed E-state index contributed by atoms with van der Waals surface area (Å²) in [7, 11) is 1.38. The van der Waals surface area contributed by atoms with Gasteiger partial charge in [0.05, 0.1) is 30.3 Å². The number of rotatable bonds is 9. The van der Waals surface area contributed by atoms with Crippen molar-refractivity contribution in [1.82, 2.24) is 15.3 Å². The van der Waals surface area contributed by atoms with E-state index in [1.807, 2.05) is 0 Å². The fraction of sp³-hybridized carbons (Fsp3) is 0.231. The maximum absolute atomic E-state index is 15.4. The van der Waals surface area contributed by atoms with E-state index in [-0.39, 0.29) is 35.4 Å². The van der Waals surface area contributed by atoms with E-state index in [4.69, 9.17) is 4.74 Å². The number of allylic oxidation sites excluding steroid dienone is 1. The number of aliphatic hydroxyl groups is 1. The maximum atomic E-state index is 15.4. The average molecular weight is 496 g/mol. The first kappa shape index (κ1) is 25.2. The number of nitrogens with one attached hydrogen (secondary N) is 1. The zero-order chi connectivity index (χ0) is 25.7. The number of halogens is 3.